The van der Waals surface area contributed by atoms with E-state index in [0.717, 1.165) is 31.9 Å². The first-order valence-electron chi connectivity index (χ1n) is 6.08. The van der Waals surface area contributed by atoms with Crippen molar-refractivity contribution < 1.29 is 9.66 Å². The Morgan fingerprint density at radius 3 is 2.72 bits per heavy atom. The van der Waals surface area contributed by atoms with Gasteiger partial charge in [0.05, 0.1) is 17.6 Å². The minimum atomic E-state index is -0.381. The molecular formula is C12H17N3O3. The topological polar surface area (TPSA) is 67.6 Å². The lowest BCUT2D eigenvalue weighted by Crippen LogP contribution is -2.43. The zero-order valence-corrected chi connectivity index (χ0v) is 10.4. The summed E-state index contributed by atoms with van der Waals surface area (Å²) >= 11 is 0. The molecule has 0 radical (unpaired) electrons. The van der Waals surface area contributed by atoms with Crippen LogP contribution >= 0.6 is 0 Å². The standard InChI is InChI=1S/C12H17N3O3/c1-2-18-12-8-10(7-11(9-12)15(16)17)14-5-3-13-4-6-14/h7-9,13H,2-6H2,1H3. The van der Waals surface area contributed by atoms with E-state index in [2.05, 4.69) is 10.2 Å². The third-order valence-corrected chi connectivity index (χ3v) is 2.88. The van der Waals surface area contributed by atoms with E-state index in [1.165, 1.54) is 6.07 Å². The third kappa shape index (κ3) is 2.89. The average Bonchev–Trinajstić information content (AvgIpc) is 2.40. The van der Waals surface area contributed by atoms with Crippen LogP contribution in [-0.2, 0) is 0 Å². The van der Waals surface area contributed by atoms with E-state index in [0.29, 0.717) is 12.4 Å². The van der Waals surface area contributed by atoms with Crippen molar-refractivity contribution in [1.82, 2.24) is 5.32 Å². The van der Waals surface area contributed by atoms with Crippen LogP contribution < -0.4 is 15.0 Å². The van der Waals surface area contributed by atoms with Crippen LogP contribution in [0.15, 0.2) is 18.2 Å². The van der Waals surface area contributed by atoms with Gasteiger partial charge in [0, 0.05) is 44.0 Å². The number of nitro benzene ring substituents is 1. The molecule has 0 spiro atoms. The molecule has 1 aliphatic rings. The molecule has 6 nitrogen and oxygen atoms in total. The maximum Gasteiger partial charge on any atom is 0.275 e. The second-order valence-electron chi connectivity index (χ2n) is 4.11. The molecule has 0 aliphatic carbocycles. The zero-order valence-electron chi connectivity index (χ0n) is 10.4. The lowest BCUT2D eigenvalue weighted by atomic mass is 10.2. The summed E-state index contributed by atoms with van der Waals surface area (Å²) in [6.45, 7) is 5.87. The smallest absolute Gasteiger partial charge is 0.275 e. The predicted molar refractivity (Wildman–Crippen MR) is 69.3 cm³/mol. The summed E-state index contributed by atoms with van der Waals surface area (Å²) < 4.78 is 5.38. The largest absolute Gasteiger partial charge is 0.494 e. The summed E-state index contributed by atoms with van der Waals surface area (Å²) in [6, 6.07) is 4.94. The van der Waals surface area contributed by atoms with E-state index in [4.69, 9.17) is 4.74 Å². The van der Waals surface area contributed by atoms with Gasteiger partial charge in [-0.3, -0.25) is 10.1 Å². The van der Waals surface area contributed by atoms with Crippen LogP contribution in [0.1, 0.15) is 6.92 Å². The fourth-order valence-electron chi connectivity index (χ4n) is 2.03. The fraction of sp³-hybridized carbons (Fsp3) is 0.500. The van der Waals surface area contributed by atoms with Crippen LogP contribution in [0.5, 0.6) is 5.75 Å². The number of nitrogens with one attached hydrogen (secondary N) is 1. The molecule has 1 N–H and O–H groups in total. The van der Waals surface area contributed by atoms with Crippen LogP contribution in [0.2, 0.25) is 0 Å². The van der Waals surface area contributed by atoms with E-state index >= 15 is 0 Å². The van der Waals surface area contributed by atoms with Crippen LogP contribution in [-0.4, -0.2) is 37.7 Å². The molecule has 1 aliphatic heterocycles. The fourth-order valence-corrected chi connectivity index (χ4v) is 2.03. The van der Waals surface area contributed by atoms with Crippen molar-refractivity contribution in [3.05, 3.63) is 28.3 Å². The Morgan fingerprint density at radius 2 is 2.11 bits per heavy atom. The van der Waals surface area contributed by atoms with Gasteiger partial charge in [0.2, 0.25) is 0 Å². The van der Waals surface area contributed by atoms with Gasteiger partial charge in [-0.1, -0.05) is 0 Å². The van der Waals surface area contributed by atoms with Crippen molar-refractivity contribution in [3.8, 4) is 5.75 Å². The molecule has 1 saturated heterocycles. The summed E-state index contributed by atoms with van der Waals surface area (Å²) in [6.07, 6.45) is 0. The van der Waals surface area contributed by atoms with Gasteiger partial charge in [0.1, 0.15) is 5.75 Å². The van der Waals surface area contributed by atoms with E-state index in [-0.39, 0.29) is 10.6 Å². The molecule has 18 heavy (non-hydrogen) atoms. The number of rotatable bonds is 4. The molecule has 0 bridgehead atoms. The van der Waals surface area contributed by atoms with E-state index in [9.17, 15) is 10.1 Å². The summed E-state index contributed by atoms with van der Waals surface area (Å²) in [5, 5.41) is 14.2. The highest BCUT2D eigenvalue weighted by molar-refractivity contribution is 5.58. The van der Waals surface area contributed by atoms with Gasteiger partial charge >= 0.3 is 0 Å². The molecule has 0 atom stereocenters. The second-order valence-corrected chi connectivity index (χ2v) is 4.11. The van der Waals surface area contributed by atoms with E-state index < -0.39 is 0 Å². The Balaban J connectivity index is 2.29. The highest BCUT2D eigenvalue weighted by Crippen LogP contribution is 2.28. The van der Waals surface area contributed by atoms with E-state index in [1.54, 1.807) is 6.07 Å². The van der Waals surface area contributed by atoms with Crippen molar-refractivity contribution in [2.75, 3.05) is 37.7 Å². The number of nitro groups is 1. The molecule has 0 amide bonds. The van der Waals surface area contributed by atoms with E-state index in [1.807, 2.05) is 13.0 Å². The number of hydrogen-bond acceptors (Lipinski definition) is 5. The molecule has 6 heteroatoms. The summed E-state index contributed by atoms with van der Waals surface area (Å²) in [7, 11) is 0. The van der Waals surface area contributed by atoms with Gasteiger partial charge in [-0.05, 0) is 6.92 Å². The van der Waals surface area contributed by atoms with Crippen molar-refractivity contribution >= 4 is 11.4 Å². The molecule has 0 aromatic heterocycles. The monoisotopic (exact) mass is 251 g/mol. The van der Waals surface area contributed by atoms with Gasteiger partial charge in [0.15, 0.2) is 0 Å². The normalized spacial score (nSPS) is 15.5. The molecular weight excluding hydrogens is 234 g/mol. The second kappa shape index (κ2) is 5.68. The molecule has 1 aromatic carbocycles. The number of benzene rings is 1. The first-order valence-corrected chi connectivity index (χ1v) is 6.08. The van der Waals surface area contributed by atoms with Crippen LogP contribution in [0.4, 0.5) is 11.4 Å². The van der Waals surface area contributed by atoms with Crippen molar-refractivity contribution in [2.24, 2.45) is 0 Å². The first-order chi connectivity index (χ1) is 8.70. The minimum absolute atomic E-state index is 0.0782. The highest BCUT2D eigenvalue weighted by atomic mass is 16.6. The third-order valence-electron chi connectivity index (χ3n) is 2.88. The van der Waals surface area contributed by atoms with Gasteiger partial charge in [0.25, 0.3) is 5.69 Å². The van der Waals surface area contributed by atoms with Crippen molar-refractivity contribution in [3.63, 3.8) is 0 Å². The minimum Gasteiger partial charge on any atom is -0.494 e. The maximum absolute atomic E-state index is 10.9. The number of non-ortho nitro benzene ring substituents is 1. The average molecular weight is 251 g/mol. The Kier molecular flexibility index (Phi) is 3.99. The molecule has 1 aromatic rings. The molecule has 0 unspecified atom stereocenters. The van der Waals surface area contributed by atoms with Crippen LogP contribution in [0, 0.1) is 10.1 Å². The summed E-state index contributed by atoms with van der Waals surface area (Å²) in [5.41, 5.74) is 0.934. The van der Waals surface area contributed by atoms with Crippen LogP contribution in [0.3, 0.4) is 0 Å². The maximum atomic E-state index is 10.9. The summed E-state index contributed by atoms with van der Waals surface area (Å²) in [5.74, 6) is 0.556. The highest BCUT2D eigenvalue weighted by Gasteiger charge is 2.16. The van der Waals surface area contributed by atoms with Crippen molar-refractivity contribution in [2.45, 2.75) is 6.92 Å². The van der Waals surface area contributed by atoms with Gasteiger partial charge in [-0.25, -0.2) is 0 Å². The SMILES string of the molecule is CCOc1cc(N2CCNCC2)cc([N+](=O)[O-])c1. The summed E-state index contributed by atoms with van der Waals surface area (Å²) in [4.78, 5) is 12.7. The number of piperazine rings is 1. The Bertz CT molecular complexity index is 431. The number of ether oxygens (including phenoxy) is 1. The quantitative estimate of drug-likeness (QED) is 0.647. The van der Waals surface area contributed by atoms with Crippen LogP contribution in [0.25, 0.3) is 0 Å². The molecule has 1 heterocycles. The lowest BCUT2D eigenvalue weighted by molar-refractivity contribution is -0.384. The van der Waals surface area contributed by atoms with Gasteiger partial charge in [-0.15, -0.1) is 0 Å². The Hall–Kier alpha value is -1.82. The molecule has 98 valence electrons. The number of hydrogen-bond donors (Lipinski definition) is 1. The predicted octanol–water partition coefficient (Wildman–Crippen LogP) is 1.40. The van der Waals surface area contributed by atoms with Crippen molar-refractivity contribution in [1.29, 1.82) is 0 Å². The molecule has 2 rings (SSSR count). The molecule has 1 fully saturated rings. The number of nitrogens with zero attached hydrogens (tertiary/aromatic N) is 2. The molecule has 0 saturated carbocycles. The number of anilines is 1. The van der Waals surface area contributed by atoms with Gasteiger partial charge < -0.3 is 15.0 Å². The zero-order chi connectivity index (χ0) is 13.0. The lowest BCUT2D eigenvalue weighted by Gasteiger charge is -2.29. The Morgan fingerprint density at radius 1 is 1.39 bits per heavy atom. The van der Waals surface area contributed by atoms with Gasteiger partial charge in [-0.2, -0.15) is 0 Å². The Labute approximate surface area is 106 Å². The first kappa shape index (κ1) is 12.6.